The van der Waals surface area contributed by atoms with Crippen LogP contribution in [-0.2, 0) is 10.0 Å². The van der Waals surface area contributed by atoms with Crippen molar-refractivity contribution in [3.05, 3.63) is 54.1 Å². The molecule has 1 aliphatic carbocycles. The molecule has 0 aromatic heterocycles. The van der Waals surface area contributed by atoms with Crippen LogP contribution in [0, 0.1) is 0 Å². The molecule has 0 heterocycles. The molecule has 1 saturated carbocycles. The van der Waals surface area contributed by atoms with Gasteiger partial charge in [0.1, 0.15) is 5.75 Å². The van der Waals surface area contributed by atoms with Gasteiger partial charge in [0.15, 0.2) is 5.11 Å². The van der Waals surface area contributed by atoms with Gasteiger partial charge < -0.3 is 10.1 Å². The number of rotatable bonds is 8. The third kappa shape index (κ3) is 6.77. The zero-order chi connectivity index (χ0) is 24.7. The van der Waals surface area contributed by atoms with Gasteiger partial charge in [-0.25, -0.2) is 8.42 Å². The van der Waals surface area contributed by atoms with Crippen molar-refractivity contribution in [2.75, 3.05) is 12.4 Å². The summed E-state index contributed by atoms with van der Waals surface area (Å²) < 4.78 is 33.2. The second-order valence-corrected chi connectivity index (χ2v) is 11.0. The molecule has 9 heteroatoms. The van der Waals surface area contributed by atoms with Crippen LogP contribution >= 0.6 is 12.2 Å². The number of benzene rings is 2. The molecule has 2 aromatic carbocycles. The molecular formula is C25H33N3O4S2. The van der Waals surface area contributed by atoms with Gasteiger partial charge in [0, 0.05) is 24.3 Å². The number of hydrogen-bond acceptors (Lipinski definition) is 5. The Balaban J connectivity index is 1.56. The molecule has 184 valence electrons. The summed E-state index contributed by atoms with van der Waals surface area (Å²) in [5, 5.41) is 5.69. The SMILES string of the molecule is CCC(C)Oc1ccc(C(=O)NC(=S)Nc2ccc(S(=O)(=O)N(C)C3CCCCC3)cc2)cc1. The van der Waals surface area contributed by atoms with E-state index in [1.54, 1.807) is 55.6 Å². The van der Waals surface area contributed by atoms with E-state index in [9.17, 15) is 13.2 Å². The molecule has 1 aliphatic rings. The third-order valence-corrected chi connectivity index (χ3v) is 8.26. The maximum atomic E-state index is 13.0. The first-order valence-electron chi connectivity index (χ1n) is 11.7. The van der Waals surface area contributed by atoms with E-state index in [1.807, 2.05) is 13.8 Å². The molecule has 1 atom stereocenters. The summed E-state index contributed by atoms with van der Waals surface area (Å²) in [6.07, 6.45) is 6.09. The lowest BCUT2D eigenvalue weighted by Crippen LogP contribution is -2.38. The van der Waals surface area contributed by atoms with Crippen molar-refractivity contribution >= 4 is 38.9 Å². The second-order valence-electron chi connectivity index (χ2n) is 8.61. The average molecular weight is 504 g/mol. The summed E-state index contributed by atoms with van der Waals surface area (Å²) in [7, 11) is -1.90. The van der Waals surface area contributed by atoms with Gasteiger partial charge in [-0.15, -0.1) is 0 Å². The molecule has 2 aromatic rings. The fourth-order valence-corrected chi connectivity index (χ4v) is 5.48. The summed E-state index contributed by atoms with van der Waals surface area (Å²) in [4.78, 5) is 12.7. The van der Waals surface area contributed by atoms with Crippen LogP contribution in [0.2, 0.25) is 0 Å². The predicted molar refractivity (Wildman–Crippen MR) is 139 cm³/mol. The number of hydrogen-bond donors (Lipinski definition) is 2. The van der Waals surface area contributed by atoms with E-state index in [0.717, 1.165) is 32.1 Å². The van der Waals surface area contributed by atoms with Crippen LogP contribution in [-0.4, -0.2) is 42.9 Å². The van der Waals surface area contributed by atoms with Crippen molar-refractivity contribution < 1.29 is 17.9 Å². The van der Waals surface area contributed by atoms with E-state index < -0.39 is 10.0 Å². The number of nitrogens with one attached hydrogen (secondary N) is 2. The van der Waals surface area contributed by atoms with Crippen LogP contribution in [0.25, 0.3) is 0 Å². The summed E-state index contributed by atoms with van der Waals surface area (Å²) in [6.45, 7) is 4.03. The van der Waals surface area contributed by atoms with Crippen LogP contribution in [0.1, 0.15) is 62.7 Å². The quantitative estimate of drug-likeness (QED) is 0.496. The summed E-state index contributed by atoms with van der Waals surface area (Å²) in [6, 6.07) is 13.3. The summed E-state index contributed by atoms with van der Waals surface area (Å²) in [5.74, 6) is 0.358. The first-order valence-corrected chi connectivity index (χ1v) is 13.5. The first kappa shape index (κ1) is 26.1. The highest BCUT2D eigenvalue weighted by molar-refractivity contribution is 7.89. The fourth-order valence-electron chi connectivity index (χ4n) is 3.86. The highest BCUT2D eigenvalue weighted by Crippen LogP contribution is 2.27. The average Bonchev–Trinajstić information content (AvgIpc) is 2.84. The molecule has 3 rings (SSSR count). The van der Waals surface area contributed by atoms with Gasteiger partial charge in [0.25, 0.3) is 5.91 Å². The van der Waals surface area contributed by atoms with E-state index in [1.165, 1.54) is 10.7 Å². The van der Waals surface area contributed by atoms with Crippen molar-refractivity contribution in [3.63, 3.8) is 0 Å². The molecule has 2 N–H and O–H groups in total. The number of carbonyl (C=O) groups excluding carboxylic acids is 1. The molecule has 0 saturated heterocycles. The lowest BCUT2D eigenvalue weighted by atomic mass is 9.96. The maximum Gasteiger partial charge on any atom is 0.257 e. The van der Waals surface area contributed by atoms with Crippen molar-refractivity contribution in [2.24, 2.45) is 0 Å². The van der Waals surface area contributed by atoms with Crippen molar-refractivity contribution in [1.82, 2.24) is 9.62 Å². The maximum absolute atomic E-state index is 13.0. The summed E-state index contributed by atoms with van der Waals surface area (Å²) >= 11 is 5.25. The molecule has 7 nitrogen and oxygen atoms in total. The van der Waals surface area contributed by atoms with Crippen LogP contribution in [0.5, 0.6) is 5.75 Å². The minimum atomic E-state index is -3.56. The fraction of sp³-hybridized carbons (Fsp3) is 0.440. The lowest BCUT2D eigenvalue weighted by molar-refractivity contribution is 0.0977. The van der Waals surface area contributed by atoms with Gasteiger partial charge >= 0.3 is 0 Å². The Morgan fingerprint density at radius 2 is 1.71 bits per heavy atom. The number of anilines is 1. The Bertz CT molecular complexity index is 1080. The zero-order valence-electron chi connectivity index (χ0n) is 19.9. The number of ether oxygens (including phenoxy) is 1. The van der Waals surface area contributed by atoms with Crippen molar-refractivity contribution in [2.45, 2.75) is 69.4 Å². The lowest BCUT2D eigenvalue weighted by Gasteiger charge is -2.30. The molecule has 0 aliphatic heterocycles. The highest BCUT2D eigenvalue weighted by Gasteiger charge is 2.28. The molecule has 1 fully saturated rings. The minimum Gasteiger partial charge on any atom is -0.491 e. The van der Waals surface area contributed by atoms with E-state index in [2.05, 4.69) is 10.6 Å². The number of sulfonamides is 1. The highest BCUT2D eigenvalue weighted by atomic mass is 32.2. The van der Waals surface area contributed by atoms with Gasteiger partial charge in [-0.05, 0) is 86.9 Å². The monoisotopic (exact) mass is 503 g/mol. The van der Waals surface area contributed by atoms with Gasteiger partial charge in [-0.3, -0.25) is 10.1 Å². The smallest absolute Gasteiger partial charge is 0.257 e. The Morgan fingerprint density at radius 3 is 2.29 bits per heavy atom. The normalized spacial score (nSPS) is 15.5. The predicted octanol–water partition coefficient (Wildman–Crippen LogP) is 4.94. The largest absolute Gasteiger partial charge is 0.491 e. The van der Waals surface area contributed by atoms with Crippen LogP contribution in [0.15, 0.2) is 53.4 Å². The molecule has 0 bridgehead atoms. The van der Waals surface area contributed by atoms with Gasteiger partial charge in [0.2, 0.25) is 10.0 Å². The summed E-state index contributed by atoms with van der Waals surface area (Å²) in [5.41, 5.74) is 1.04. The molecule has 1 amide bonds. The number of amides is 1. The molecule has 34 heavy (non-hydrogen) atoms. The van der Waals surface area contributed by atoms with E-state index in [0.29, 0.717) is 17.0 Å². The molecule has 1 unspecified atom stereocenters. The number of nitrogens with zero attached hydrogens (tertiary/aromatic N) is 1. The second kappa shape index (κ2) is 11.8. The van der Waals surface area contributed by atoms with Crippen LogP contribution in [0.4, 0.5) is 5.69 Å². The number of thiocarbonyl (C=S) groups is 1. The van der Waals surface area contributed by atoms with Crippen LogP contribution < -0.4 is 15.4 Å². The Kier molecular flexibility index (Phi) is 9.04. The van der Waals surface area contributed by atoms with E-state index >= 15 is 0 Å². The van der Waals surface area contributed by atoms with Gasteiger partial charge in [-0.1, -0.05) is 26.2 Å². The Morgan fingerprint density at radius 1 is 1.09 bits per heavy atom. The third-order valence-electron chi connectivity index (χ3n) is 6.13. The molecular weight excluding hydrogens is 470 g/mol. The number of carbonyl (C=O) groups is 1. The minimum absolute atomic E-state index is 0.0509. The zero-order valence-corrected chi connectivity index (χ0v) is 21.5. The first-order chi connectivity index (χ1) is 16.2. The molecule has 0 radical (unpaired) electrons. The Hall–Kier alpha value is -2.49. The van der Waals surface area contributed by atoms with Gasteiger partial charge in [-0.2, -0.15) is 4.31 Å². The van der Waals surface area contributed by atoms with Crippen molar-refractivity contribution in [1.29, 1.82) is 0 Å². The van der Waals surface area contributed by atoms with Crippen LogP contribution in [0.3, 0.4) is 0 Å². The van der Waals surface area contributed by atoms with E-state index in [-0.39, 0.29) is 28.1 Å². The Labute approximate surface area is 207 Å². The standard InChI is InChI=1S/C25H33N3O4S2/c1-4-18(2)32-22-14-10-19(11-15-22)24(29)27-25(33)26-20-12-16-23(17-13-20)34(30,31)28(3)21-8-6-5-7-9-21/h10-18,21H,4-9H2,1-3H3,(H2,26,27,29,33). The molecule has 0 spiro atoms. The van der Waals surface area contributed by atoms with Gasteiger partial charge in [0.05, 0.1) is 11.0 Å². The van der Waals surface area contributed by atoms with Crippen molar-refractivity contribution in [3.8, 4) is 5.75 Å². The topological polar surface area (TPSA) is 87.7 Å². The van der Waals surface area contributed by atoms with E-state index in [4.69, 9.17) is 17.0 Å².